The summed E-state index contributed by atoms with van der Waals surface area (Å²) in [4.78, 5) is 12.1. The van der Waals surface area contributed by atoms with Crippen molar-refractivity contribution >= 4 is 11.6 Å². The summed E-state index contributed by atoms with van der Waals surface area (Å²) in [5.74, 6) is -0.0184. The van der Waals surface area contributed by atoms with Crippen molar-refractivity contribution < 1.29 is 9.90 Å². The van der Waals surface area contributed by atoms with Gasteiger partial charge in [-0.15, -0.1) is 0 Å². The molecule has 0 radical (unpaired) electrons. The second-order valence-electron chi connectivity index (χ2n) is 4.91. The largest absolute Gasteiger partial charge is 0.508 e. The fourth-order valence-electron chi connectivity index (χ4n) is 2.37. The molecule has 0 bridgehead atoms. The van der Waals surface area contributed by atoms with Crippen molar-refractivity contribution in [1.29, 1.82) is 0 Å². The highest BCUT2D eigenvalue weighted by Gasteiger charge is 2.11. The zero-order valence-electron chi connectivity index (χ0n) is 11.0. The van der Waals surface area contributed by atoms with Gasteiger partial charge in [0.15, 0.2) is 0 Å². The molecule has 2 aromatic rings. The summed E-state index contributed by atoms with van der Waals surface area (Å²) in [6.07, 6.45) is 1.03. The number of hydrogen-bond acceptors (Lipinski definition) is 3. The van der Waals surface area contributed by atoms with E-state index >= 15 is 0 Å². The molecule has 0 saturated carbocycles. The van der Waals surface area contributed by atoms with Crippen LogP contribution < -0.4 is 10.6 Å². The molecule has 20 heavy (non-hydrogen) atoms. The number of phenols is 1. The first-order valence-corrected chi connectivity index (χ1v) is 6.65. The Morgan fingerprint density at radius 1 is 1.10 bits per heavy atom. The van der Waals surface area contributed by atoms with Crippen LogP contribution in [-0.4, -0.2) is 17.6 Å². The molecule has 0 atom stereocenters. The lowest BCUT2D eigenvalue weighted by molar-refractivity contribution is 0.102. The highest BCUT2D eigenvalue weighted by Crippen LogP contribution is 2.20. The molecule has 0 unspecified atom stereocenters. The molecule has 1 aliphatic rings. The van der Waals surface area contributed by atoms with Gasteiger partial charge in [0.2, 0.25) is 0 Å². The Hall–Kier alpha value is -2.33. The molecule has 0 spiro atoms. The summed E-state index contributed by atoms with van der Waals surface area (Å²) in [7, 11) is 0. The standard InChI is InChI=1S/C16H16N2O2/c19-15-5-2-12(3-6-15)16(20)18-14-4-1-11-7-8-17-10-13(11)9-14/h1-6,9,17,19H,7-8,10H2,(H,18,20). The van der Waals surface area contributed by atoms with Crippen LogP contribution in [-0.2, 0) is 13.0 Å². The number of phenolic OH excluding ortho intramolecular Hbond substituents is 1. The third kappa shape index (κ3) is 2.65. The van der Waals surface area contributed by atoms with Crippen LogP contribution in [0.2, 0.25) is 0 Å². The van der Waals surface area contributed by atoms with Gasteiger partial charge in [-0.1, -0.05) is 6.07 Å². The Balaban J connectivity index is 1.77. The van der Waals surface area contributed by atoms with E-state index in [0.29, 0.717) is 5.56 Å². The van der Waals surface area contributed by atoms with Crippen molar-refractivity contribution in [3.05, 3.63) is 59.2 Å². The topological polar surface area (TPSA) is 61.4 Å². The molecule has 0 aromatic heterocycles. The minimum absolute atomic E-state index is 0.154. The molecule has 1 aliphatic heterocycles. The highest BCUT2D eigenvalue weighted by atomic mass is 16.3. The van der Waals surface area contributed by atoms with Crippen LogP contribution in [0.1, 0.15) is 21.5 Å². The third-order valence-corrected chi connectivity index (χ3v) is 3.48. The zero-order chi connectivity index (χ0) is 13.9. The quantitative estimate of drug-likeness (QED) is 0.783. The van der Waals surface area contributed by atoms with E-state index in [-0.39, 0.29) is 11.7 Å². The first-order valence-electron chi connectivity index (χ1n) is 6.65. The Labute approximate surface area is 117 Å². The van der Waals surface area contributed by atoms with Crippen LogP contribution in [0.5, 0.6) is 5.75 Å². The Morgan fingerprint density at radius 2 is 1.90 bits per heavy atom. The molecular weight excluding hydrogens is 252 g/mol. The first kappa shape index (κ1) is 12.7. The number of aromatic hydroxyl groups is 1. The number of benzene rings is 2. The molecule has 3 N–H and O–H groups in total. The molecule has 1 amide bonds. The van der Waals surface area contributed by atoms with Crippen LogP contribution >= 0.6 is 0 Å². The molecular formula is C16H16N2O2. The van der Waals surface area contributed by atoms with Gasteiger partial charge in [-0.2, -0.15) is 0 Å². The van der Waals surface area contributed by atoms with Crippen LogP contribution in [0.25, 0.3) is 0 Å². The first-order chi connectivity index (χ1) is 9.72. The maximum absolute atomic E-state index is 12.1. The smallest absolute Gasteiger partial charge is 0.255 e. The minimum Gasteiger partial charge on any atom is -0.508 e. The zero-order valence-corrected chi connectivity index (χ0v) is 11.0. The summed E-state index contributed by atoms with van der Waals surface area (Å²) in [5.41, 5.74) is 3.90. The van der Waals surface area contributed by atoms with E-state index in [1.54, 1.807) is 12.1 Å². The highest BCUT2D eigenvalue weighted by molar-refractivity contribution is 6.04. The second kappa shape index (κ2) is 5.35. The number of anilines is 1. The van der Waals surface area contributed by atoms with Gasteiger partial charge in [-0.3, -0.25) is 4.79 Å². The molecule has 0 saturated heterocycles. The summed E-state index contributed by atoms with van der Waals surface area (Å²) in [6, 6.07) is 12.2. The van der Waals surface area contributed by atoms with Crippen LogP contribution in [0.3, 0.4) is 0 Å². The lowest BCUT2D eigenvalue weighted by Gasteiger charge is -2.18. The van der Waals surface area contributed by atoms with Gasteiger partial charge in [-0.25, -0.2) is 0 Å². The Kier molecular flexibility index (Phi) is 3.39. The number of amides is 1. The van der Waals surface area contributed by atoms with Crippen LogP contribution in [0.15, 0.2) is 42.5 Å². The molecule has 102 valence electrons. The molecule has 4 nitrogen and oxygen atoms in total. The van der Waals surface area contributed by atoms with Gasteiger partial charge in [-0.05, 0) is 60.5 Å². The summed E-state index contributed by atoms with van der Waals surface area (Å²) in [5, 5.41) is 15.4. The van der Waals surface area contributed by atoms with Gasteiger partial charge >= 0.3 is 0 Å². The average Bonchev–Trinajstić information content (AvgIpc) is 2.48. The Morgan fingerprint density at radius 3 is 2.70 bits per heavy atom. The van der Waals surface area contributed by atoms with E-state index in [9.17, 15) is 9.90 Å². The normalized spacial score (nSPS) is 13.6. The summed E-state index contributed by atoms with van der Waals surface area (Å²) < 4.78 is 0. The Bertz CT molecular complexity index is 635. The van der Waals surface area contributed by atoms with E-state index in [1.165, 1.54) is 23.3 Å². The van der Waals surface area contributed by atoms with Crippen molar-refractivity contribution in [2.24, 2.45) is 0 Å². The van der Waals surface area contributed by atoms with E-state index in [0.717, 1.165) is 25.2 Å². The maximum Gasteiger partial charge on any atom is 0.255 e. The van der Waals surface area contributed by atoms with Crippen LogP contribution in [0.4, 0.5) is 5.69 Å². The monoisotopic (exact) mass is 268 g/mol. The predicted molar refractivity (Wildman–Crippen MR) is 77.9 cm³/mol. The number of carbonyl (C=O) groups excluding carboxylic acids is 1. The molecule has 4 heteroatoms. The maximum atomic E-state index is 12.1. The van der Waals surface area contributed by atoms with Crippen molar-refractivity contribution in [3.8, 4) is 5.75 Å². The number of rotatable bonds is 2. The molecule has 3 rings (SSSR count). The number of hydrogen-bond donors (Lipinski definition) is 3. The fourth-order valence-corrected chi connectivity index (χ4v) is 2.37. The second-order valence-corrected chi connectivity index (χ2v) is 4.91. The van der Waals surface area contributed by atoms with Crippen LogP contribution in [0, 0.1) is 0 Å². The van der Waals surface area contributed by atoms with Gasteiger partial charge in [0, 0.05) is 17.8 Å². The average molecular weight is 268 g/mol. The predicted octanol–water partition coefficient (Wildman–Crippen LogP) is 2.29. The minimum atomic E-state index is -0.172. The summed E-state index contributed by atoms with van der Waals surface area (Å²) in [6.45, 7) is 1.85. The summed E-state index contributed by atoms with van der Waals surface area (Å²) >= 11 is 0. The SMILES string of the molecule is O=C(Nc1ccc2c(c1)CNCC2)c1ccc(O)cc1. The fraction of sp³-hybridized carbons (Fsp3) is 0.188. The van der Waals surface area contributed by atoms with E-state index in [4.69, 9.17) is 0 Å². The van der Waals surface area contributed by atoms with E-state index in [2.05, 4.69) is 16.7 Å². The molecule has 1 heterocycles. The lowest BCUT2D eigenvalue weighted by atomic mass is 10.0. The van der Waals surface area contributed by atoms with Gasteiger partial charge in [0.25, 0.3) is 5.91 Å². The molecule has 2 aromatic carbocycles. The van der Waals surface area contributed by atoms with Crippen molar-refractivity contribution in [2.45, 2.75) is 13.0 Å². The van der Waals surface area contributed by atoms with E-state index < -0.39 is 0 Å². The van der Waals surface area contributed by atoms with E-state index in [1.807, 2.05) is 12.1 Å². The van der Waals surface area contributed by atoms with Crippen molar-refractivity contribution in [2.75, 3.05) is 11.9 Å². The third-order valence-electron chi connectivity index (χ3n) is 3.48. The number of fused-ring (bicyclic) bond motifs is 1. The number of carbonyl (C=O) groups is 1. The van der Waals surface area contributed by atoms with Gasteiger partial charge in [0.05, 0.1) is 0 Å². The lowest BCUT2D eigenvalue weighted by Crippen LogP contribution is -2.23. The number of nitrogens with one attached hydrogen (secondary N) is 2. The van der Waals surface area contributed by atoms with Crippen molar-refractivity contribution in [1.82, 2.24) is 5.32 Å². The molecule has 0 aliphatic carbocycles. The van der Waals surface area contributed by atoms with Crippen molar-refractivity contribution in [3.63, 3.8) is 0 Å². The van der Waals surface area contributed by atoms with Gasteiger partial charge in [0.1, 0.15) is 5.75 Å². The van der Waals surface area contributed by atoms with Gasteiger partial charge < -0.3 is 15.7 Å². The molecule has 0 fully saturated rings.